The normalized spacial score (nSPS) is 40.8. The Bertz CT molecular complexity index is 1330. The van der Waals surface area contributed by atoms with E-state index in [1.807, 2.05) is 27.7 Å². The second-order valence-electron chi connectivity index (χ2n) is 13.0. The predicted molar refractivity (Wildman–Crippen MR) is 146 cm³/mol. The number of aliphatic hydroxyl groups excluding tert-OH is 1. The largest absolute Gasteiger partial charge is 0.491 e. The number of hydrogen-bond donors (Lipinski definition) is 3. The third kappa shape index (κ3) is 3.85. The van der Waals surface area contributed by atoms with Crippen LogP contribution in [0.5, 0.6) is 0 Å². The van der Waals surface area contributed by atoms with Crippen molar-refractivity contribution in [3.8, 4) is 0 Å². The zero-order valence-corrected chi connectivity index (χ0v) is 23.9. The van der Waals surface area contributed by atoms with Crippen molar-refractivity contribution in [2.75, 3.05) is 0 Å². The van der Waals surface area contributed by atoms with Gasteiger partial charge in [0.1, 0.15) is 5.78 Å². The molecule has 1 aromatic carbocycles. The summed E-state index contributed by atoms with van der Waals surface area (Å²) in [5.41, 5.74) is -1.51. The number of Topliss-reactive ketones (excluding diaryl/α,β-unsaturated/α-hetero) is 1. The van der Waals surface area contributed by atoms with Gasteiger partial charge in [-0.05, 0) is 77.4 Å². The number of rotatable bonds is 5. The van der Waals surface area contributed by atoms with Crippen LogP contribution in [0.25, 0.3) is 0 Å². The molecule has 1 aliphatic heterocycles. The first-order valence-corrected chi connectivity index (χ1v) is 15.4. The second-order valence-corrected chi connectivity index (χ2v) is 15.1. The molecular formula is C29H39BO8S. The zero-order chi connectivity index (χ0) is 28.7. The Balaban J connectivity index is 1.74. The Hall–Kier alpha value is -2.01. The summed E-state index contributed by atoms with van der Waals surface area (Å²) in [4.78, 5) is 26.6. The fourth-order valence-electron chi connectivity index (χ4n) is 8.95. The Kier molecular flexibility index (Phi) is 6.77. The van der Waals surface area contributed by atoms with Crippen molar-refractivity contribution in [3.63, 3.8) is 0 Å². The van der Waals surface area contributed by atoms with Gasteiger partial charge in [0.25, 0.3) is 0 Å². The van der Waals surface area contributed by atoms with E-state index < -0.39 is 62.4 Å². The van der Waals surface area contributed by atoms with E-state index in [0.717, 1.165) is 6.42 Å². The Morgan fingerprint density at radius 3 is 2.59 bits per heavy atom. The van der Waals surface area contributed by atoms with Crippen LogP contribution >= 0.6 is 0 Å². The van der Waals surface area contributed by atoms with Crippen LogP contribution in [0.3, 0.4) is 0 Å². The van der Waals surface area contributed by atoms with Crippen LogP contribution in [0.4, 0.5) is 0 Å². The van der Waals surface area contributed by atoms with Gasteiger partial charge in [-0.15, -0.1) is 6.58 Å². The van der Waals surface area contributed by atoms with Crippen LogP contribution in [0.2, 0.25) is 0 Å². The van der Waals surface area contributed by atoms with Gasteiger partial charge in [-0.25, -0.2) is 8.42 Å². The van der Waals surface area contributed by atoms with Crippen molar-refractivity contribution in [1.82, 2.24) is 0 Å². The Labute approximate surface area is 230 Å². The van der Waals surface area contributed by atoms with Gasteiger partial charge in [-0.3, -0.25) is 9.59 Å². The van der Waals surface area contributed by atoms with Crippen LogP contribution in [0.15, 0.2) is 35.7 Å². The zero-order valence-electron chi connectivity index (χ0n) is 23.1. The minimum absolute atomic E-state index is 0.0367. The molecule has 9 atom stereocenters. The molecule has 3 fully saturated rings. The van der Waals surface area contributed by atoms with Crippen LogP contribution in [0, 0.1) is 39.9 Å². The molecule has 0 radical (unpaired) electrons. The molecule has 3 N–H and O–H groups in total. The maximum atomic E-state index is 14.3. The van der Waals surface area contributed by atoms with Gasteiger partial charge < -0.3 is 19.9 Å². The van der Waals surface area contributed by atoms with Crippen LogP contribution < -0.4 is 5.46 Å². The number of carboxylic acids is 1. The predicted octanol–water partition coefficient (Wildman–Crippen LogP) is 2.74. The van der Waals surface area contributed by atoms with Crippen molar-refractivity contribution in [3.05, 3.63) is 36.4 Å². The molecule has 39 heavy (non-hydrogen) atoms. The number of aliphatic hydroxyl groups is 1. The van der Waals surface area contributed by atoms with E-state index in [-0.39, 0.29) is 35.5 Å². The third-order valence-electron chi connectivity index (χ3n) is 11.5. The van der Waals surface area contributed by atoms with E-state index in [1.165, 1.54) is 12.1 Å². The fraction of sp³-hybridized carbons (Fsp3) is 0.655. The molecule has 3 saturated carbocycles. The standard InChI is InChI=1S/C29H39BO8S/c1-6-27(4)14-20(23(26(33)34)39(36,37)19-8-7-18-15-38-30(35)21(18)13-19)28(5)16(2)9-11-29(17(3)25(27)32)12-10-22(31)24(28)29/h6-8,13,16-17,20,23-25,32,35H,1,9-12,14-15H2,2-5H3,(H,33,34)/t16-,17+,20+,23?,24+,25+,27-,28+,29+/m1/s1. The van der Waals surface area contributed by atoms with Crippen LogP contribution in [-0.2, 0) is 30.7 Å². The first kappa shape index (κ1) is 28.5. The summed E-state index contributed by atoms with van der Waals surface area (Å²) < 4.78 is 33.9. The van der Waals surface area contributed by atoms with E-state index in [4.69, 9.17) is 4.65 Å². The molecule has 2 bridgehead atoms. The quantitative estimate of drug-likeness (QED) is 0.371. The lowest BCUT2D eigenvalue weighted by molar-refractivity contribution is -0.179. The molecule has 1 heterocycles. The minimum atomic E-state index is -4.50. The first-order valence-electron chi connectivity index (χ1n) is 13.9. The van der Waals surface area contributed by atoms with Gasteiger partial charge in [0.05, 0.1) is 17.6 Å². The lowest BCUT2D eigenvalue weighted by atomic mass is 9.41. The topological polar surface area (TPSA) is 138 Å². The molecule has 4 aliphatic rings. The number of carbonyl (C=O) groups is 2. The molecular weight excluding hydrogens is 519 g/mol. The maximum absolute atomic E-state index is 14.3. The van der Waals surface area contributed by atoms with Gasteiger partial charge in [0.15, 0.2) is 15.1 Å². The fourth-order valence-corrected chi connectivity index (χ4v) is 10.9. The van der Waals surface area contributed by atoms with Crippen molar-refractivity contribution >= 4 is 34.2 Å². The van der Waals surface area contributed by atoms with Gasteiger partial charge in [-0.2, -0.15) is 0 Å². The van der Waals surface area contributed by atoms with Gasteiger partial charge in [0, 0.05) is 17.8 Å². The highest BCUT2D eigenvalue weighted by Crippen LogP contribution is 2.69. The summed E-state index contributed by atoms with van der Waals surface area (Å²) in [6.45, 7) is 11.9. The molecule has 5 rings (SSSR count). The summed E-state index contributed by atoms with van der Waals surface area (Å²) in [7, 11) is -5.79. The van der Waals surface area contributed by atoms with E-state index >= 15 is 0 Å². The van der Waals surface area contributed by atoms with Gasteiger partial charge >= 0.3 is 13.1 Å². The summed E-state index contributed by atoms with van der Waals surface area (Å²) in [5.74, 6) is -3.35. The molecule has 0 aromatic heterocycles. The second kappa shape index (κ2) is 9.26. The van der Waals surface area contributed by atoms with E-state index in [2.05, 4.69) is 6.58 Å². The number of benzene rings is 1. The molecule has 3 aliphatic carbocycles. The Morgan fingerprint density at radius 2 is 1.95 bits per heavy atom. The maximum Gasteiger partial charge on any atom is 0.491 e. The molecule has 0 spiro atoms. The number of hydrogen-bond acceptors (Lipinski definition) is 7. The molecule has 1 aromatic rings. The first-order chi connectivity index (χ1) is 18.1. The molecule has 212 valence electrons. The Morgan fingerprint density at radius 1 is 1.26 bits per heavy atom. The summed E-state index contributed by atoms with van der Waals surface area (Å²) in [6, 6.07) is 4.23. The number of fused-ring (bicyclic) bond motifs is 1. The lowest BCUT2D eigenvalue weighted by Crippen LogP contribution is -2.63. The minimum Gasteiger partial charge on any atom is -0.480 e. The van der Waals surface area contributed by atoms with Gasteiger partial charge in [-0.1, -0.05) is 39.8 Å². The number of carbonyl (C=O) groups excluding carboxylic acids is 1. The summed E-state index contributed by atoms with van der Waals surface area (Å²) in [5, 5.41) is 30.8. The van der Waals surface area contributed by atoms with E-state index in [1.54, 1.807) is 12.1 Å². The van der Waals surface area contributed by atoms with Crippen molar-refractivity contribution in [1.29, 1.82) is 0 Å². The molecule has 8 nitrogen and oxygen atoms in total. The number of ketones is 1. The van der Waals surface area contributed by atoms with Crippen molar-refractivity contribution < 1.29 is 37.9 Å². The smallest absolute Gasteiger partial charge is 0.480 e. The average molecular weight is 559 g/mol. The molecule has 0 saturated heterocycles. The average Bonchev–Trinajstić information content (AvgIpc) is 3.44. The van der Waals surface area contributed by atoms with Crippen LogP contribution in [-0.4, -0.2) is 53.9 Å². The highest BCUT2D eigenvalue weighted by molar-refractivity contribution is 7.92. The monoisotopic (exact) mass is 558 g/mol. The van der Waals surface area contributed by atoms with Crippen LogP contribution in [0.1, 0.15) is 65.4 Å². The highest BCUT2D eigenvalue weighted by atomic mass is 32.2. The highest BCUT2D eigenvalue weighted by Gasteiger charge is 2.69. The molecule has 10 heteroatoms. The van der Waals surface area contributed by atoms with Gasteiger partial charge in [0.2, 0.25) is 0 Å². The van der Waals surface area contributed by atoms with Crippen molar-refractivity contribution in [2.24, 2.45) is 39.9 Å². The number of carboxylic acid groups (broad SMARTS) is 1. The number of aliphatic carboxylic acids is 1. The van der Waals surface area contributed by atoms with E-state index in [9.17, 15) is 33.2 Å². The van der Waals surface area contributed by atoms with Crippen molar-refractivity contribution in [2.45, 2.75) is 82.7 Å². The third-order valence-corrected chi connectivity index (χ3v) is 13.6. The number of sulfone groups is 1. The lowest BCUT2D eigenvalue weighted by Gasteiger charge is -2.63. The summed E-state index contributed by atoms with van der Waals surface area (Å²) in [6.07, 6.45) is 3.15. The molecule has 1 unspecified atom stereocenters. The summed E-state index contributed by atoms with van der Waals surface area (Å²) >= 11 is 0. The molecule has 0 amide bonds. The van der Waals surface area contributed by atoms with E-state index in [0.29, 0.717) is 30.3 Å². The SMILES string of the molecule is C=C[C@]1(C)C[C@@H](C(C(=O)O)S(=O)(=O)c2ccc3c(c2)B(O)OC3)[C@]2(C)[C@H](C)CC[C@]3(CCC(=O)[C@H]32)[C@@H](C)[C@@H]1O.